The molecule has 1 amide bonds. The second kappa shape index (κ2) is 11.3. The molecule has 4 rings (SSSR count). The molecule has 176 valence electrons. The Hall–Kier alpha value is -3.94. The number of aromatic nitrogens is 2. The lowest BCUT2D eigenvalue weighted by atomic mass is 9.97. The standard InChI is InChI=1S/C26H28N4O4/c1-2-33-22-12-7-6-11-21(22)29-24(31)23(19-9-4-3-5-10-19)34-25(32)20-13-17-30(18-14-20)26-27-15-8-16-28-26/h3-12,15-16,20,23H,2,13-14,17-18H2,1H3,(H,29,31). The van der Waals surface area contributed by atoms with Gasteiger partial charge in [-0.15, -0.1) is 0 Å². The fraction of sp³-hybridized carbons (Fsp3) is 0.308. The van der Waals surface area contributed by atoms with Gasteiger partial charge in [0.15, 0.2) is 0 Å². The van der Waals surface area contributed by atoms with Crippen LogP contribution in [-0.2, 0) is 14.3 Å². The van der Waals surface area contributed by atoms with Gasteiger partial charge in [0, 0.05) is 31.0 Å². The van der Waals surface area contributed by atoms with Crippen molar-refractivity contribution in [3.05, 3.63) is 78.6 Å². The first-order valence-electron chi connectivity index (χ1n) is 11.5. The summed E-state index contributed by atoms with van der Waals surface area (Å²) >= 11 is 0. The van der Waals surface area contributed by atoms with Crippen LogP contribution in [0.1, 0.15) is 31.4 Å². The predicted molar refractivity (Wildman–Crippen MR) is 128 cm³/mol. The minimum absolute atomic E-state index is 0.297. The zero-order valence-electron chi connectivity index (χ0n) is 19.1. The second-order valence-corrected chi connectivity index (χ2v) is 7.96. The molecule has 34 heavy (non-hydrogen) atoms. The Morgan fingerprint density at radius 2 is 1.68 bits per heavy atom. The highest BCUT2D eigenvalue weighted by Crippen LogP contribution is 2.29. The van der Waals surface area contributed by atoms with E-state index in [4.69, 9.17) is 9.47 Å². The number of anilines is 2. The molecule has 2 aromatic carbocycles. The molecule has 0 spiro atoms. The summed E-state index contributed by atoms with van der Waals surface area (Å²) in [5, 5.41) is 2.86. The van der Waals surface area contributed by atoms with Crippen molar-refractivity contribution in [2.24, 2.45) is 5.92 Å². The van der Waals surface area contributed by atoms with Crippen molar-refractivity contribution in [2.45, 2.75) is 25.9 Å². The third-order valence-corrected chi connectivity index (χ3v) is 5.68. The van der Waals surface area contributed by atoms with Crippen LogP contribution in [-0.4, -0.2) is 41.5 Å². The number of benzene rings is 2. The number of ether oxygens (including phenoxy) is 2. The van der Waals surface area contributed by atoms with Crippen LogP contribution in [0, 0.1) is 5.92 Å². The molecule has 1 saturated heterocycles. The number of carbonyl (C=O) groups excluding carboxylic acids is 2. The zero-order chi connectivity index (χ0) is 23.8. The Kier molecular flexibility index (Phi) is 7.70. The molecule has 1 unspecified atom stereocenters. The van der Waals surface area contributed by atoms with Crippen LogP contribution in [0.5, 0.6) is 5.75 Å². The van der Waals surface area contributed by atoms with E-state index >= 15 is 0 Å². The zero-order valence-corrected chi connectivity index (χ0v) is 19.1. The highest BCUT2D eigenvalue weighted by atomic mass is 16.5. The number of nitrogens with zero attached hydrogens (tertiary/aromatic N) is 3. The van der Waals surface area contributed by atoms with E-state index in [0.717, 1.165) is 0 Å². The second-order valence-electron chi connectivity index (χ2n) is 7.96. The molecule has 1 fully saturated rings. The smallest absolute Gasteiger partial charge is 0.310 e. The maximum atomic E-state index is 13.3. The Labute approximate surface area is 198 Å². The fourth-order valence-electron chi connectivity index (χ4n) is 3.93. The fourth-order valence-corrected chi connectivity index (χ4v) is 3.93. The maximum Gasteiger partial charge on any atom is 0.310 e. The van der Waals surface area contributed by atoms with Crippen molar-refractivity contribution in [3.63, 3.8) is 0 Å². The maximum absolute atomic E-state index is 13.3. The number of piperidine rings is 1. The summed E-state index contributed by atoms with van der Waals surface area (Å²) in [6.07, 6.45) is 3.55. The number of hydrogen-bond donors (Lipinski definition) is 1. The van der Waals surface area contributed by atoms with Gasteiger partial charge < -0.3 is 19.7 Å². The van der Waals surface area contributed by atoms with E-state index in [1.807, 2.05) is 37.3 Å². The van der Waals surface area contributed by atoms with E-state index in [-0.39, 0.29) is 11.9 Å². The molecule has 1 aliphatic rings. The molecule has 0 aliphatic carbocycles. The van der Waals surface area contributed by atoms with Crippen LogP contribution in [0.2, 0.25) is 0 Å². The molecule has 0 bridgehead atoms. The van der Waals surface area contributed by atoms with Crippen molar-refractivity contribution >= 4 is 23.5 Å². The van der Waals surface area contributed by atoms with Crippen LogP contribution in [0.15, 0.2) is 73.1 Å². The predicted octanol–water partition coefficient (Wildman–Crippen LogP) is 4.01. The molecule has 1 aliphatic heterocycles. The largest absolute Gasteiger partial charge is 0.492 e. The average molecular weight is 461 g/mol. The average Bonchev–Trinajstić information content (AvgIpc) is 2.89. The van der Waals surface area contributed by atoms with E-state index in [2.05, 4.69) is 20.2 Å². The molecule has 0 radical (unpaired) electrons. The summed E-state index contributed by atoms with van der Waals surface area (Å²) in [7, 11) is 0. The summed E-state index contributed by atoms with van der Waals surface area (Å²) in [5.41, 5.74) is 1.14. The molecular formula is C26H28N4O4. The molecule has 8 nitrogen and oxygen atoms in total. The van der Waals surface area contributed by atoms with Crippen LogP contribution in [0.3, 0.4) is 0 Å². The van der Waals surface area contributed by atoms with Gasteiger partial charge in [-0.2, -0.15) is 0 Å². The number of nitrogens with one attached hydrogen (secondary N) is 1. The first-order chi connectivity index (χ1) is 16.7. The lowest BCUT2D eigenvalue weighted by Gasteiger charge is -2.31. The van der Waals surface area contributed by atoms with Gasteiger partial charge in [-0.3, -0.25) is 9.59 Å². The number of amides is 1. The first kappa shape index (κ1) is 23.2. The lowest BCUT2D eigenvalue weighted by molar-refractivity contribution is -0.159. The van der Waals surface area contributed by atoms with E-state index in [1.165, 1.54) is 0 Å². The van der Waals surface area contributed by atoms with Gasteiger partial charge in [-0.1, -0.05) is 42.5 Å². The van der Waals surface area contributed by atoms with Gasteiger partial charge >= 0.3 is 5.97 Å². The number of para-hydroxylation sites is 2. The summed E-state index contributed by atoms with van der Waals surface area (Å²) < 4.78 is 11.4. The minimum Gasteiger partial charge on any atom is -0.492 e. The summed E-state index contributed by atoms with van der Waals surface area (Å²) in [5.74, 6) is 0.114. The van der Waals surface area contributed by atoms with Gasteiger partial charge in [0.2, 0.25) is 12.1 Å². The lowest BCUT2D eigenvalue weighted by Crippen LogP contribution is -2.38. The Balaban J connectivity index is 1.45. The van der Waals surface area contributed by atoms with Crippen molar-refractivity contribution in [1.82, 2.24) is 9.97 Å². The van der Waals surface area contributed by atoms with E-state index in [9.17, 15) is 9.59 Å². The molecule has 0 saturated carbocycles. The van der Waals surface area contributed by atoms with E-state index < -0.39 is 12.0 Å². The Bertz CT molecular complexity index is 1090. The van der Waals surface area contributed by atoms with Crippen LogP contribution in [0.25, 0.3) is 0 Å². The number of carbonyl (C=O) groups is 2. The highest BCUT2D eigenvalue weighted by molar-refractivity contribution is 5.97. The summed E-state index contributed by atoms with van der Waals surface area (Å²) in [6.45, 7) is 3.64. The number of rotatable bonds is 8. The van der Waals surface area contributed by atoms with Crippen molar-refractivity contribution in [1.29, 1.82) is 0 Å². The minimum atomic E-state index is -1.07. The van der Waals surface area contributed by atoms with Crippen LogP contribution in [0.4, 0.5) is 11.6 Å². The molecular weight excluding hydrogens is 432 g/mol. The molecule has 1 N–H and O–H groups in total. The van der Waals surface area contributed by atoms with Crippen molar-refractivity contribution in [2.75, 3.05) is 29.9 Å². The van der Waals surface area contributed by atoms with Gasteiger partial charge in [0.25, 0.3) is 5.91 Å². The van der Waals surface area contributed by atoms with Crippen molar-refractivity contribution < 1.29 is 19.1 Å². The SMILES string of the molecule is CCOc1ccccc1NC(=O)C(OC(=O)C1CCN(c2ncccn2)CC1)c1ccccc1. The van der Waals surface area contributed by atoms with Gasteiger partial charge in [0.05, 0.1) is 18.2 Å². The Morgan fingerprint density at radius 3 is 2.38 bits per heavy atom. The molecule has 2 heterocycles. The van der Waals surface area contributed by atoms with Crippen LogP contribution < -0.4 is 15.0 Å². The summed E-state index contributed by atoms with van der Waals surface area (Å²) in [6, 6.07) is 18.0. The van der Waals surface area contributed by atoms with Crippen molar-refractivity contribution in [3.8, 4) is 5.75 Å². The van der Waals surface area contributed by atoms with E-state index in [0.29, 0.717) is 55.5 Å². The molecule has 3 aromatic rings. The third kappa shape index (κ3) is 5.70. The monoisotopic (exact) mass is 460 g/mol. The number of hydrogen-bond acceptors (Lipinski definition) is 7. The molecule has 1 atom stereocenters. The first-order valence-corrected chi connectivity index (χ1v) is 11.5. The molecule has 8 heteroatoms. The highest BCUT2D eigenvalue weighted by Gasteiger charge is 2.32. The number of esters is 1. The van der Waals surface area contributed by atoms with Crippen LogP contribution >= 0.6 is 0 Å². The quantitative estimate of drug-likeness (QED) is 0.508. The summed E-state index contributed by atoms with van der Waals surface area (Å²) in [4.78, 5) is 36.9. The molecule has 1 aromatic heterocycles. The topological polar surface area (TPSA) is 93.6 Å². The van der Waals surface area contributed by atoms with Gasteiger partial charge in [-0.05, 0) is 38.0 Å². The Morgan fingerprint density at radius 1 is 1.00 bits per heavy atom. The van der Waals surface area contributed by atoms with Gasteiger partial charge in [0.1, 0.15) is 5.75 Å². The third-order valence-electron chi connectivity index (χ3n) is 5.68. The van der Waals surface area contributed by atoms with Gasteiger partial charge in [-0.25, -0.2) is 9.97 Å². The normalized spacial score (nSPS) is 14.8. The van der Waals surface area contributed by atoms with E-state index in [1.54, 1.807) is 42.7 Å².